The minimum atomic E-state index is -0.409. The topological polar surface area (TPSA) is 75.0 Å². The summed E-state index contributed by atoms with van der Waals surface area (Å²) in [6, 6.07) is 6.39. The molecule has 1 aromatic heterocycles. The van der Waals surface area contributed by atoms with Gasteiger partial charge in [0.05, 0.1) is 11.1 Å². The van der Waals surface area contributed by atoms with Gasteiger partial charge in [-0.05, 0) is 57.3 Å². The van der Waals surface area contributed by atoms with Gasteiger partial charge in [0.15, 0.2) is 0 Å². The van der Waals surface area contributed by atoms with E-state index in [0.717, 1.165) is 42.3 Å². The van der Waals surface area contributed by atoms with Crippen LogP contribution >= 0.6 is 0 Å². The first-order valence-corrected chi connectivity index (χ1v) is 9.75. The number of hydrogen-bond acceptors (Lipinski definition) is 3. The molecule has 1 atom stereocenters. The lowest BCUT2D eigenvalue weighted by Crippen LogP contribution is -2.37. The van der Waals surface area contributed by atoms with E-state index < -0.39 is 5.91 Å². The number of nitrogens with two attached hydrogens (primary N) is 1. The number of primary amides is 1. The zero-order chi connectivity index (χ0) is 17.2. The molecule has 134 valence electrons. The molecule has 25 heavy (non-hydrogen) atoms. The quantitative estimate of drug-likeness (QED) is 0.897. The molecular weight excluding hydrogens is 312 g/mol. The van der Waals surface area contributed by atoms with Crippen molar-refractivity contribution in [1.82, 2.24) is 14.9 Å². The minimum absolute atomic E-state index is 0.409. The third kappa shape index (κ3) is 3.43. The van der Waals surface area contributed by atoms with E-state index in [9.17, 15) is 4.79 Å². The molecule has 1 saturated carbocycles. The van der Waals surface area contributed by atoms with Crippen LogP contribution in [0.1, 0.15) is 73.5 Å². The molecule has 0 spiro atoms. The van der Waals surface area contributed by atoms with Crippen molar-refractivity contribution in [3.63, 3.8) is 0 Å². The lowest BCUT2D eigenvalue weighted by molar-refractivity contribution is 0.100. The van der Waals surface area contributed by atoms with Crippen LogP contribution in [0.15, 0.2) is 18.2 Å². The van der Waals surface area contributed by atoms with Gasteiger partial charge in [0, 0.05) is 12.0 Å². The van der Waals surface area contributed by atoms with Crippen molar-refractivity contribution in [1.29, 1.82) is 0 Å². The molecule has 5 nitrogen and oxygen atoms in total. The van der Waals surface area contributed by atoms with E-state index >= 15 is 0 Å². The van der Waals surface area contributed by atoms with Gasteiger partial charge in [-0.25, -0.2) is 4.98 Å². The molecule has 2 aromatic rings. The summed E-state index contributed by atoms with van der Waals surface area (Å²) in [5.74, 6) is 1.06. The number of aromatic nitrogens is 2. The highest BCUT2D eigenvalue weighted by atomic mass is 16.1. The van der Waals surface area contributed by atoms with Crippen molar-refractivity contribution in [2.45, 2.75) is 63.3 Å². The first kappa shape index (κ1) is 16.6. The van der Waals surface area contributed by atoms with Gasteiger partial charge in [-0.2, -0.15) is 0 Å². The molecule has 1 unspecified atom stereocenters. The van der Waals surface area contributed by atoms with Crippen LogP contribution in [-0.2, 0) is 0 Å². The Morgan fingerprint density at radius 1 is 1.08 bits per heavy atom. The van der Waals surface area contributed by atoms with Crippen molar-refractivity contribution in [2.75, 3.05) is 13.1 Å². The number of nitrogens with zero attached hydrogens (tertiary/aromatic N) is 2. The largest absolute Gasteiger partial charge is 0.366 e. The van der Waals surface area contributed by atoms with Gasteiger partial charge in [0.2, 0.25) is 0 Å². The van der Waals surface area contributed by atoms with Gasteiger partial charge in [0.1, 0.15) is 11.3 Å². The van der Waals surface area contributed by atoms with Crippen molar-refractivity contribution < 1.29 is 4.79 Å². The summed E-state index contributed by atoms with van der Waals surface area (Å²) < 4.78 is 0. The number of likely N-dealkylation sites (tertiary alicyclic amines) is 1. The second-order valence-electron chi connectivity index (χ2n) is 7.64. The van der Waals surface area contributed by atoms with Gasteiger partial charge in [-0.15, -0.1) is 0 Å². The summed E-state index contributed by atoms with van der Waals surface area (Å²) in [6.07, 6.45) is 10.5. The minimum Gasteiger partial charge on any atom is -0.366 e. The molecule has 2 heterocycles. The Kier molecular flexibility index (Phi) is 4.75. The lowest BCUT2D eigenvalue weighted by Gasteiger charge is -2.33. The first-order valence-electron chi connectivity index (χ1n) is 9.75. The maximum absolute atomic E-state index is 11.6. The van der Waals surface area contributed by atoms with Crippen LogP contribution < -0.4 is 5.73 Å². The third-order valence-electron chi connectivity index (χ3n) is 6.04. The van der Waals surface area contributed by atoms with Gasteiger partial charge in [-0.1, -0.05) is 25.3 Å². The Balaban J connectivity index is 1.51. The number of fused-ring (bicyclic) bond motifs is 1. The van der Waals surface area contributed by atoms with Crippen LogP contribution in [0.3, 0.4) is 0 Å². The van der Waals surface area contributed by atoms with Crippen molar-refractivity contribution in [3.05, 3.63) is 29.6 Å². The summed E-state index contributed by atoms with van der Waals surface area (Å²) >= 11 is 0. The number of carbonyl (C=O) groups is 1. The maximum atomic E-state index is 11.6. The van der Waals surface area contributed by atoms with Crippen LogP contribution in [-0.4, -0.2) is 39.9 Å². The second kappa shape index (κ2) is 7.16. The fraction of sp³-hybridized carbons (Fsp3) is 0.600. The predicted octanol–water partition coefficient (Wildman–Crippen LogP) is 3.56. The van der Waals surface area contributed by atoms with Crippen molar-refractivity contribution in [3.8, 4) is 0 Å². The monoisotopic (exact) mass is 340 g/mol. The Morgan fingerprint density at radius 2 is 1.92 bits per heavy atom. The highest BCUT2D eigenvalue weighted by molar-refractivity contribution is 6.04. The number of H-pyrrole nitrogens is 1. The maximum Gasteiger partial charge on any atom is 0.250 e. The Hall–Kier alpha value is -1.88. The summed E-state index contributed by atoms with van der Waals surface area (Å²) in [5.41, 5.74) is 7.64. The molecule has 4 rings (SSSR count). The number of hydrogen-bond donors (Lipinski definition) is 2. The number of para-hydroxylation sites is 1. The molecule has 2 aliphatic rings. The number of nitrogens with one attached hydrogen (secondary N) is 1. The average molecular weight is 340 g/mol. The second-order valence-corrected chi connectivity index (χ2v) is 7.64. The van der Waals surface area contributed by atoms with Crippen molar-refractivity contribution in [2.24, 2.45) is 5.73 Å². The van der Waals surface area contributed by atoms with Gasteiger partial charge >= 0.3 is 0 Å². The number of carbonyl (C=O) groups excluding carboxylic acids is 1. The van der Waals surface area contributed by atoms with Crippen LogP contribution in [0.5, 0.6) is 0 Å². The molecule has 1 saturated heterocycles. The molecule has 1 aliphatic carbocycles. The van der Waals surface area contributed by atoms with E-state index in [-0.39, 0.29) is 0 Å². The highest BCUT2D eigenvalue weighted by Gasteiger charge is 2.26. The standard InChI is InChI=1S/C20H28N4O/c21-19(25)16-9-4-10-17-18(16)23-20(22-17)14-6-5-12-24(13-11-14)15-7-2-1-3-8-15/h4,9-10,14-15H,1-3,5-8,11-13H2,(H2,21,25)(H,22,23). The summed E-state index contributed by atoms with van der Waals surface area (Å²) in [7, 11) is 0. The summed E-state index contributed by atoms with van der Waals surface area (Å²) in [5, 5.41) is 0. The number of rotatable bonds is 3. The molecular formula is C20H28N4O. The molecule has 1 aromatic carbocycles. The number of aromatic amines is 1. The van der Waals surface area contributed by atoms with E-state index in [4.69, 9.17) is 10.7 Å². The molecule has 1 amide bonds. The van der Waals surface area contributed by atoms with Crippen LogP contribution in [0, 0.1) is 0 Å². The predicted molar refractivity (Wildman–Crippen MR) is 99.6 cm³/mol. The smallest absolute Gasteiger partial charge is 0.250 e. The fourth-order valence-corrected chi connectivity index (χ4v) is 4.65. The van der Waals surface area contributed by atoms with Gasteiger partial charge in [0.25, 0.3) is 5.91 Å². The molecule has 3 N–H and O–H groups in total. The van der Waals surface area contributed by atoms with E-state index in [1.807, 2.05) is 12.1 Å². The first-order chi connectivity index (χ1) is 12.2. The van der Waals surface area contributed by atoms with Gasteiger partial charge in [-0.3, -0.25) is 4.79 Å². The zero-order valence-electron chi connectivity index (χ0n) is 14.8. The summed E-state index contributed by atoms with van der Waals surface area (Å²) in [6.45, 7) is 2.38. The fourth-order valence-electron chi connectivity index (χ4n) is 4.65. The van der Waals surface area contributed by atoms with E-state index in [1.54, 1.807) is 6.07 Å². The van der Waals surface area contributed by atoms with E-state index in [0.29, 0.717) is 11.5 Å². The molecule has 2 fully saturated rings. The Bertz CT molecular complexity index is 747. The SMILES string of the molecule is NC(=O)c1cccc2[nH]c(C3CCCN(C4CCCCC4)CC3)nc12. The Labute approximate surface area is 149 Å². The zero-order valence-corrected chi connectivity index (χ0v) is 14.8. The molecule has 1 aliphatic heterocycles. The summed E-state index contributed by atoms with van der Waals surface area (Å²) in [4.78, 5) is 22.6. The van der Waals surface area contributed by atoms with E-state index in [2.05, 4.69) is 9.88 Å². The molecule has 0 radical (unpaired) electrons. The van der Waals surface area contributed by atoms with Crippen LogP contribution in [0.4, 0.5) is 0 Å². The van der Waals surface area contributed by atoms with Gasteiger partial charge < -0.3 is 15.6 Å². The van der Waals surface area contributed by atoms with Crippen molar-refractivity contribution >= 4 is 16.9 Å². The normalized spacial score (nSPS) is 23.6. The highest BCUT2D eigenvalue weighted by Crippen LogP contribution is 2.31. The third-order valence-corrected chi connectivity index (χ3v) is 6.04. The number of benzene rings is 1. The average Bonchev–Trinajstić information content (AvgIpc) is 2.91. The lowest BCUT2D eigenvalue weighted by atomic mass is 9.94. The molecule has 0 bridgehead atoms. The molecule has 5 heteroatoms. The number of amides is 1. The van der Waals surface area contributed by atoms with Crippen LogP contribution in [0.2, 0.25) is 0 Å². The van der Waals surface area contributed by atoms with E-state index in [1.165, 1.54) is 45.1 Å². The Morgan fingerprint density at radius 3 is 2.72 bits per heavy atom. The van der Waals surface area contributed by atoms with Crippen LogP contribution in [0.25, 0.3) is 11.0 Å². The number of imidazole rings is 1.